The minimum absolute atomic E-state index is 0. The molecule has 0 saturated carbocycles. The summed E-state index contributed by atoms with van der Waals surface area (Å²) in [6.07, 6.45) is 2.01. The number of nitriles is 1. The Kier molecular flexibility index (Phi) is 8.69. The predicted molar refractivity (Wildman–Crippen MR) is 115 cm³/mol. The number of nitrogens with zero attached hydrogens (tertiary/aromatic N) is 5. The predicted octanol–water partition coefficient (Wildman–Crippen LogP) is 3.38. The number of benzene rings is 1. The van der Waals surface area contributed by atoms with Gasteiger partial charge in [0.25, 0.3) is 0 Å². The summed E-state index contributed by atoms with van der Waals surface area (Å²) < 4.78 is 15.8. The lowest BCUT2D eigenvalue weighted by Gasteiger charge is -2.22. The first-order valence-electron chi connectivity index (χ1n) is 8.48. The smallest absolute Gasteiger partial charge is 0.193 e. The van der Waals surface area contributed by atoms with E-state index in [0.717, 1.165) is 11.3 Å². The molecule has 0 amide bonds. The quantitative estimate of drug-likeness (QED) is 0.402. The largest absolute Gasteiger partial charge is 0.352 e. The Morgan fingerprint density at radius 1 is 1.41 bits per heavy atom. The monoisotopic (exact) mass is 484 g/mol. The maximum atomic E-state index is 14.0. The molecule has 0 aliphatic carbocycles. The van der Waals surface area contributed by atoms with Crippen LogP contribution in [0.2, 0.25) is 0 Å². The summed E-state index contributed by atoms with van der Waals surface area (Å²) in [5.41, 5.74) is 3.00. The van der Waals surface area contributed by atoms with Crippen molar-refractivity contribution in [3.05, 3.63) is 52.6 Å². The lowest BCUT2D eigenvalue weighted by molar-refractivity contribution is 0.472. The molecule has 0 atom stereocenters. The van der Waals surface area contributed by atoms with Crippen LogP contribution in [0.1, 0.15) is 42.1 Å². The highest BCUT2D eigenvalue weighted by molar-refractivity contribution is 14.0. The molecule has 0 radical (unpaired) electrons. The zero-order chi connectivity index (χ0) is 19.3. The first-order chi connectivity index (χ1) is 12.3. The van der Waals surface area contributed by atoms with Crippen LogP contribution >= 0.6 is 24.0 Å². The zero-order valence-corrected chi connectivity index (χ0v) is 18.7. The number of hydrogen-bond acceptors (Lipinski definition) is 3. The Labute approximate surface area is 177 Å². The third-order valence-electron chi connectivity index (χ3n) is 4.08. The van der Waals surface area contributed by atoms with Gasteiger partial charge < -0.3 is 10.2 Å². The van der Waals surface area contributed by atoms with E-state index in [9.17, 15) is 4.39 Å². The summed E-state index contributed by atoms with van der Waals surface area (Å²) in [6.45, 7) is 5.18. The van der Waals surface area contributed by atoms with Crippen LogP contribution in [0.3, 0.4) is 0 Å². The number of guanidine groups is 1. The van der Waals surface area contributed by atoms with Gasteiger partial charge in [-0.3, -0.25) is 9.67 Å². The third kappa shape index (κ3) is 5.92. The topological polar surface area (TPSA) is 69.2 Å². The fourth-order valence-electron chi connectivity index (χ4n) is 2.81. The molecule has 0 aliphatic rings. The second kappa shape index (κ2) is 10.3. The highest BCUT2D eigenvalue weighted by atomic mass is 127. The molecular weight excluding hydrogens is 458 g/mol. The number of aliphatic imine (C=N–C) groups is 1. The Morgan fingerprint density at radius 2 is 2.11 bits per heavy atom. The van der Waals surface area contributed by atoms with Crippen molar-refractivity contribution in [3.8, 4) is 6.07 Å². The fourth-order valence-corrected chi connectivity index (χ4v) is 2.81. The van der Waals surface area contributed by atoms with Crippen LogP contribution in [-0.2, 0) is 20.1 Å². The molecule has 2 rings (SSSR count). The van der Waals surface area contributed by atoms with Crippen molar-refractivity contribution in [2.24, 2.45) is 12.0 Å². The molecule has 2 aromatic rings. The minimum atomic E-state index is -0.399. The number of rotatable bonds is 5. The molecule has 1 heterocycles. The van der Waals surface area contributed by atoms with Crippen LogP contribution in [0.15, 0.2) is 29.4 Å². The highest BCUT2D eigenvalue weighted by Gasteiger charge is 2.15. The molecule has 0 fully saturated rings. The van der Waals surface area contributed by atoms with Crippen LogP contribution in [-0.4, -0.2) is 34.7 Å². The van der Waals surface area contributed by atoms with Crippen LogP contribution in [0.5, 0.6) is 0 Å². The number of nitrogens with one attached hydrogen (secondary N) is 1. The second-order valence-electron chi connectivity index (χ2n) is 6.54. The Hall–Kier alpha value is -2.15. The van der Waals surface area contributed by atoms with Gasteiger partial charge in [0.1, 0.15) is 5.82 Å². The molecule has 8 heteroatoms. The van der Waals surface area contributed by atoms with Crippen molar-refractivity contribution in [1.29, 1.82) is 5.26 Å². The van der Waals surface area contributed by atoms with E-state index in [1.165, 1.54) is 6.07 Å². The second-order valence-corrected chi connectivity index (χ2v) is 6.54. The van der Waals surface area contributed by atoms with Gasteiger partial charge in [-0.05, 0) is 18.1 Å². The van der Waals surface area contributed by atoms with Crippen LogP contribution < -0.4 is 5.32 Å². The molecule has 146 valence electrons. The standard InChI is InChI=1S/C19H25FN6.HI/c1-13(2)18-16(12-26(5)24-18)11-25(4)19(22-3)23-10-15-7-6-14(9-21)8-17(15)20;/h6-8,12-13H,10-11H2,1-5H3,(H,22,23);1H. The van der Waals surface area contributed by atoms with E-state index in [0.29, 0.717) is 36.1 Å². The van der Waals surface area contributed by atoms with Crippen molar-refractivity contribution in [2.45, 2.75) is 32.9 Å². The Bertz CT molecular complexity index is 837. The summed E-state index contributed by atoms with van der Waals surface area (Å²) >= 11 is 0. The van der Waals surface area contributed by atoms with Crippen molar-refractivity contribution >= 4 is 29.9 Å². The van der Waals surface area contributed by atoms with Crippen molar-refractivity contribution in [3.63, 3.8) is 0 Å². The molecule has 1 aromatic heterocycles. The van der Waals surface area contributed by atoms with Gasteiger partial charge >= 0.3 is 0 Å². The number of aromatic nitrogens is 2. The normalized spacial score (nSPS) is 11.1. The molecule has 1 N–H and O–H groups in total. The fraction of sp³-hybridized carbons (Fsp3) is 0.421. The van der Waals surface area contributed by atoms with Gasteiger partial charge in [0.2, 0.25) is 0 Å². The molecule has 0 unspecified atom stereocenters. The minimum Gasteiger partial charge on any atom is -0.352 e. The molecule has 6 nitrogen and oxygen atoms in total. The molecule has 0 bridgehead atoms. The number of aryl methyl sites for hydroxylation is 1. The summed E-state index contributed by atoms with van der Waals surface area (Å²) in [4.78, 5) is 6.25. The van der Waals surface area contributed by atoms with Gasteiger partial charge in [0.05, 0.1) is 17.3 Å². The molecular formula is C19H26FIN6. The highest BCUT2D eigenvalue weighted by Crippen LogP contribution is 2.18. The van der Waals surface area contributed by atoms with Crippen molar-refractivity contribution < 1.29 is 4.39 Å². The Balaban J connectivity index is 0.00000364. The molecule has 27 heavy (non-hydrogen) atoms. The third-order valence-corrected chi connectivity index (χ3v) is 4.08. The van der Waals surface area contributed by atoms with Gasteiger partial charge in [0.15, 0.2) is 5.96 Å². The summed E-state index contributed by atoms with van der Waals surface area (Å²) in [5, 5.41) is 16.5. The molecule has 1 aromatic carbocycles. The maximum Gasteiger partial charge on any atom is 0.193 e. The number of halogens is 2. The van der Waals surface area contributed by atoms with Crippen molar-refractivity contribution in [2.75, 3.05) is 14.1 Å². The van der Waals surface area contributed by atoms with Gasteiger partial charge in [0, 0.05) is 51.6 Å². The first kappa shape index (κ1) is 22.9. The van der Waals surface area contributed by atoms with E-state index in [1.807, 2.05) is 35.9 Å². The maximum absolute atomic E-state index is 14.0. The van der Waals surface area contributed by atoms with Gasteiger partial charge in [-0.2, -0.15) is 10.4 Å². The van der Waals surface area contributed by atoms with E-state index >= 15 is 0 Å². The van der Waals surface area contributed by atoms with Crippen LogP contribution in [0, 0.1) is 17.1 Å². The van der Waals surface area contributed by atoms with E-state index in [2.05, 4.69) is 29.3 Å². The van der Waals surface area contributed by atoms with E-state index in [4.69, 9.17) is 5.26 Å². The zero-order valence-electron chi connectivity index (χ0n) is 16.3. The number of hydrogen-bond donors (Lipinski definition) is 1. The summed E-state index contributed by atoms with van der Waals surface area (Å²) in [6, 6.07) is 6.40. The van der Waals surface area contributed by atoms with E-state index in [1.54, 1.807) is 19.2 Å². The van der Waals surface area contributed by atoms with Gasteiger partial charge in [-0.1, -0.05) is 19.9 Å². The van der Waals surface area contributed by atoms with Crippen LogP contribution in [0.4, 0.5) is 4.39 Å². The average Bonchev–Trinajstić information content (AvgIpc) is 2.97. The first-order valence-corrected chi connectivity index (χ1v) is 8.48. The van der Waals surface area contributed by atoms with Gasteiger partial charge in [-0.25, -0.2) is 4.39 Å². The summed E-state index contributed by atoms with van der Waals surface area (Å²) in [5.74, 6) is 0.596. The molecule has 0 saturated heterocycles. The van der Waals surface area contributed by atoms with E-state index < -0.39 is 5.82 Å². The van der Waals surface area contributed by atoms with Crippen LogP contribution in [0.25, 0.3) is 0 Å². The van der Waals surface area contributed by atoms with E-state index in [-0.39, 0.29) is 24.0 Å². The average molecular weight is 484 g/mol. The molecule has 0 spiro atoms. The lowest BCUT2D eigenvalue weighted by atomic mass is 10.1. The SMILES string of the molecule is CN=C(NCc1ccc(C#N)cc1F)N(C)Cc1cn(C)nc1C(C)C.I. The van der Waals surface area contributed by atoms with Gasteiger partial charge in [-0.15, -0.1) is 24.0 Å². The lowest BCUT2D eigenvalue weighted by Crippen LogP contribution is -2.38. The summed E-state index contributed by atoms with van der Waals surface area (Å²) in [7, 11) is 5.54. The van der Waals surface area contributed by atoms with Crippen molar-refractivity contribution in [1.82, 2.24) is 20.0 Å². The molecule has 0 aliphatic heterocycles. The Morgan fingerprint density at radius 3 is 2.67 bits per heavy atom.